The van der Waals surface area contributed by atoms with Crippen LogP contribution < -0.4 is 9.80 Å². The molecule has 2 aromatic rings. The first-order valence-electron chi connectivity index (χ1n) is 12.6. The van der Waals surface area contributed by atoms with Crippen LogP contribution in [0, 0.1) is 0 Å². The van der Waals surface area contributed by atoms with E-state index in [0.29, 0.717) is 34.5 Å². The van der Waals surface area contributed by atoms with Crippen LogP contribution in [0.1, 0.15) is 63.7 Å². The number of phenols is 3. The highest BCUT2D eigenvalue weighted by Crippen LogP contribution is 2.50. The van der Waals surface area contributed by atoms with Crippen LogP contribution in [-0.4, -0.2) is 39.6 Å². The van der Waals surface area contributed by atoms with E-state index >= 15 is 0 Å². The number of allylic oxidation sites excluding steroid dienone is 5. The van der Waals surface area contributed by atoms with Crippen molar-refractivity contribution in [3.63, 3.8) is 0 Å². The number of hydrogen-bond donors (Lipinski definition) is 3. The molecule has 3 rings (SSSR count). The predicted octanol–water partition coefficient (Wildman–Crippen LogP) is 7.72. The minimum absolute atomic E-state index is 0.0504. The van der Waals surface area contributed by atoms with Crippen LogP contribution in [0.15, 0.2) is 65.3 Å². The summed E-state index contributed by atoms with van der Waals surface area (Å²) in [6, 6.07) is 7.57. The fraction of sp³-hybridized carbons (Fsp3) is 0.367. The molecule has 0 spiro atoms. The number of hydrogen-bond acceptors (Lipinski definition) is 5. The van der Waals surface area contributed by atoms with E-state index in [-0.39, 0.29) is 29.7 Å². The molecule has 37 heavy (non-hydrogen) atoms. The topological polar surface area (TPSA) is 84.2 Å². The average molecular weight is 570 g/mol. The molecule has 1 aliphatic rings. The van der Waals surface area contributed by atoms with Gasteiger partial charge in [0, 0.05) is 30.6 Å². The Balaban J connectivity index is 1.90. The number of phenolic OH excluding ortho intramolecular Hbond substituents is 3. The van der Waals surface area contributed by atoms with Crippen LogP contribution in [0.3, 0.4) is 0 Å². The number of halogens is 1. The normalized spacial score (nSPS) is 13.8. The number of carbonyl (C=O) groups excluding carboxylic acids is 1. The van der Waals surface area contributed by atoms with Gasteiger partial charge >= 0.3 is 0 Å². The number of fused-ring (bicyclic) bond motifs is 2. The quantitative estimate of drug-likeness (QED) is 0.202. The van der Waals surface area contributed by atoms with Gasteiger partial charge in [-0.05, 0) is 65.5 Å². The third kappa shape index (κ3) is 6.98. The first-order chi connectivity index (χ1) is 17.6. The van der Waals surface area contributed by atoms with Gasteiger partial charge in [-0.25, -0.2) is 0 Å². The number of amides is 1. The molecule has 0 saturated carbocycles. The molecule has 0 aromatic heterocycles. The van der Waals surface area contributed by atoms with E-state index in [1.54, 1.807) is 21.9 Å². The Morgan fingerprint density at radius 1 is 0.865 bits per heavy atom. The molecule has 6 nitrogen and oxygen atoms in total. The molecular weight excluding hydrogens is 532 g/mol. The zero-order valence-corrected chi connectivity index (χ0v) is 23.7. The van der Waals surface area contributed by atoms with Crippen molar-refractivity contribution in [3.05, 3.63) is 70.8 Å². The number of nitrogens with zero attached hydrogens (tertiary/aromatic N) is 2. The van der Waals surface area contributed by atoms with Gasteiger partial charge in [-0.15, -0.1) is 0 Å². The van der Waals surface area contributed by atoms with Crippen LogP contribution in [0.5, 0.6) is 17.2 Å². The van der Waals surface area contributed by atoms with Crippen LogP contribution in [0.25, 0.3) is 0 Å². The molecule has 1 heterocycles. The number of rotatable bonds is 10. The van der Waals surface area contributed by atoms with Gasteiger partial charge in [0.15, 0.2) is 0 Å². The highest BCUT2D eigenvalue weighted by Gasteiger charge is 2.34. The van der Waals surface area contributed by atoms with Gasteiger partial charge in [0.05, 0.1) is 16.9 Å². The number of para-hydroxylation sites is 1. The van der Waals surface area contributed by atoms with Crippen LogP contribution in [-0.2, 0) is 0 Å². The van der Waals surface area contributed by atoms with E-state index in [1.165, 1.54) is 29.3 Å². The van der Waals surface area contributed by atoms with Gasteiger partial charge in [0.25, 0.3) is 5.91 Å². The molecule has 0 aliphatic carbocycles. The SMILES string of the molecule is CC(C)=CCC/C(C)=C/CC/C(C)=C/CN1C(=O)c2cccc(O)c2N(CCBr)c2c(O)cc(O)cc21. The lowest BCUT2D eigenvalue weighted by Crippen LogP contribution is -2.30. The highest BCUT2D eigenvalue weighted by atomic mass is 79.9. The summed E-state index contributed by atoms with van der Waals surface area (Å²) in [6.45, 7) is 9.10. The predicted molar refractivity (Wildman–Crippen MR) is 156 cm³/mol. The minimum atomic E-state index is -0.312. The van der Waals surface area contributed by atoms with Crippen LogP contribution >= 0.6 is 15.9 Å². The van der Waals surface area contributed by atoms with E-state index in [2.05, 4.69) is 48.9 Å². The summed E-state index contributed by atoms with van der Waals surface area (Å²) in [7, 11) is 0. The smallest absolute Gasteiger partial charge is 0.260 e. The van der Waals surface area contributed by atoms with Crippen molar-refractivity contribution in [2.24, 2.45) is 0 Å². The number of alkyl halides is 1. The maximum Gasteiger partial charge on any atom is 0.260 e. The Morgan fingerprint density at radius 2 is 1.54 bits per heavy atom. The minimum Gasteiger partial charge on any atom is -0.508 e. The van der Waals surface area contributed by atoms with E-state index in [9.17, 15) is 20.1 Å². The van der Waals surface area contributed by atoms with E-state index in [4.69, 9.17) is 0 Å². The average Bonchev–Trinajstić information content (AvgIpc) is 2.91. The Morgan fingerprint density at radius 3 is 2.22 bits per heavy atom. The molecule has 0 unspecified atom stereocenters. The lowest BCUT2D eigenvalue weighted by Gasteiger charge is -2.28. The second kappa shape index (κ2) is 12.9. The summed E-state index contributed by atoms with van der Waals surface area (Å²) in [5.41, 5.74) is 5.28. The summed E-state index contributed by atoms with van der Waals surface area (Å²) in [4.78, 5) is 17.0. The Labute approximate surface area is 228 Å². The molecule has 0 radical (unpaired) electrons. The number of carbonyl (C=O) groups is 1. The molecule has 0 fully saturated rings. The van der Waals surface area contributed by atoms with Crippen molar-refractivity contribution in [2.45, 2.75) is 53.4 Å². The highest BCUT2D eigenvalue weighted by molar-refractivity contribution is 9.09. The third-order valence-electron chi connectivity index (χ3n) is 6.43. The largest absolute Gasteiger partial charge is 0.508 e. The first kappa shape index (κ1) is 28.4. The monoisotopic (exact) mass is 568 g/mol. The molecule has 7 heteroatoms. The molecule has 1 aliphatic heterocycles. The molecular formula is C30H37BrN2O4. The van der Waals surface area contributed by atoms with Gasteiger partial charge in [0.2, 0.25) is 0 Å². The lowest BCUT2D eigenvalue weighted by atomic mass is 10.1. The summed E-state index contributed by atoms with van der Waals surface area (Å²) >= 11 is 3.44. The standard InChI is InChI=1S/C30H37BrN2O4/c1-20(2)8-5-9-21(3)10-6-11-22(4)14-16-32-25-18-23(34)19-27(36)29(25)33(17-15-31)28-24(30(32)37)12-7-13-26(28)35/h7-8,10,12-14,18-19,34-36H,5-6,9,11,15-17H2,1-4H3/b21-10+,22-14+. The maximum absolute atomic E-state index is 13.8. The van der Waals surface area contributed by atoms with Gasteiger partial charge < -0.3 is 25.1 Å². The summed E-state index contributed by atoms with van der Waals surface area (Å²) < 4.78 is 0. The molecule has 198 valence electrons. The van der Waals surface area contributed by atoms with Crippen LogP contribution in [0.2, 0.25) is 0 Å². The lowest BCUT2D eigenvalue weighted by molar-refractivity contribution is 0.0990. The molecule has 2 aromatic carbocycles. The summed E-state index contributed by atoms with van der Waals surface area (Å²) in [5.74, 6) is -0.671. The summed E-state index contributed by atoms with van der Waals surface area (Å²) in [6.07, 6.45) is 10.4. The number of benzene rings is 2. The van der Waals surface area contributed by atoms with Crippen molar-refractivity contribution in [1.82, 2.24) is 0 Å². The van der Waals surface area contributed by atoms with Gasteiger partial charge in [-0.1, -0.05) is 56.9 Å². The Kier molecular flexibility index (Phi) is 9.86. The van der Waals surface area contributed by atoms with Crippen molar-refractivity contribution < 1.29 is 20.1 Å². The van der Waals surface area contributed by atoms with E-state index < -0.39 is 0 Å². The Hall–Kier alpha value is -3.19. The van der Waals surface area contributed by atoms with Crippen molar-refractivity contribution in [3.8, 4) is 17.2 Å². The van der Waals surface area contributed by atoms with E-state index in [1.807, 2.05) is 13.0 Å². The molecule has 3 N–H and O–H groups in total. The van der Waals surface area contributed by atoms with Crippen molar-refractivity contribution in [2.75, 3.05) is 28.2 Å². The third-order valence-corrected chi connectivity index (χ3v) is 6.78. The van der Waals surface area contributed by atoms with Gasteiger partial charge in [0.1, 0.15) is 22.9 Å². The van der Waals surface area contributed by atoms with Gasteiger partial charge in [-0.3, -0.25) is 4.79 Å². The molecule has 0 atom stereocenters. The number of anilines is 3. The molecule has 0 bridgehead atoms. The van der Waals surface area contributed by atoms with Crippen LogP contribution in [0.4, 0.5) is 17.1 Å². The Bertz CT molecular complexity index is 1230. The maximum atomic E-state index is 13.8. The van der Waals surface area contributed by atoms with Crippen molar-refractivity contribution >= 4 is 38.9 Å². The zero-order chi connectivity index (χ0) is 27.1. The first-order valence-corrected chi connectivity index (χ1v) is 13.7. The summed E-state index contributed by atoms with van der Waals surface area (Å²) in [5, 5.41) is 32.4. The number of aromatic hydroxyl groups is 3. The second-order valence-corrected chi connectivity index (χ2v) is 10.5. The molecule has 0 saturated heterocycles. The van der Waals surface area contributed by atoms with Crippen molar-refractivity contribution in [1.29, 1.82) is 0 Å². The fourth-order valence-electron chi connectivity index (χ4n) is 4.50. The second-order valence-electron chi connectivity index (χ2n) is 9.72. The van der Waals surface area contributed by atoms with E-state index in [0.717, 1.165) is 31.3 Å². The zero-order valence-electron chi connectivity index (χ0n) is 22.1. The van der Waals surface area contributed by atoms with Gasteiger partial charge in [-0.2, -0.15) is 0 Å². The molecule has 1 amide bonds. The fourth-order valence-corrected chi connectivity index (χ4v) is 4.86.